The number of anilines is 1. The molecule has 0 bridgehead atoms. The topological polar surface area (TPSA) is 29.1 Å². The number of carbonyl (C=O) groups is 1. The lowest BCUT2D eigenvalue weighted by atomic mass is 10.0. The van der Waals surface area contributed by atoms with Gasteiger partial charge in [0.1, 0.15) is 0 Å². The van der Waals surface area contributed by atoms with Crippen molar-refractivity contribution in [2.45, 2.75) is 0 Å². The highest BCUT2D eigenvalue weighted by Gasteiger charge is 2.06. The summed E-state index contributed by atoms with van der Waals surface area (Å²) in [7, 11) is 0. The lowest BCUT2D eigenvalue weighted by Crippen LogP contribution is -1.97. The van der Waals surface area contributed by atoms with E-state index in [1.165, 1.54) is 6.08 Å². The molecule has 3 aromatic rings. The van der Waals surface area contributed by atoms with Gasteiger partial charge in [-0.15, -0.1) is 0 Å². The SMILES string of the molecule is O=C(C=CNc1ccc(Cl)c(Cl)c1)c1cccc2ccccc12. The van der Waals surface area contributed by atoms with Gasteiger partial charge in [-0.05, 0) is 29.0 Å². The molecule has 114 valence electrons. The molecule has 23 heavy (non-hydrogen) atoms. The van der Waals surface area contributed by atoms with Crippen molar-refractivity contribution >= 4 is 45.4 Å². The molecule has 0 fully saturated rings. The molecule has 0 aliphatic heterocycles. The fraction of sp³-hybridized carbons (Fsp3) is 0. The molecule has 0 amide bonds. The zero-order valence-corrected chi connectivity index (χ0v) is 13.6. The van der Waals surface area contributed by atoms with Crippen LogP contribution in [0.15, 0.2) is 72.9 Å². The largest absolute Gasteiger partial charge is 0.362 e. The summed E-state index contributed by atoms with van der Waals surface area (Å²) >= 11 is 11.8. The Bertz CT molecular complexity index is 898. The Labute approximate surface area is 144 Å². The fourth-order valence-electron chi connectivity index (χ4n) is 2.33. The Morgan fingerprint density at radius 3 is 2.52 bits per heavy atom. The van der Waals surface area contributed by atoms with Crippen molar-refractivity contribution in [3.63, 3.8) is 0 Å². The van der Waals surface area contributed by atoms with E-state index in [2.05, 4.69) is 5.32 Å². The van der Waals surface area contributed by atoms with Gasteiger partial charge in [-0.1, -0.05) is 65.7 Å². The van der Waals surface area contributed by atoms with Crippen LogP contribution in [-0.4, -0.2) is 5.78 Å². The normalized spacial score (nSPS) is 11.0. The van der Waals surface area contributed by atoms with Gasteiger partial charge in [0.25, 0.3) is 0 Å². The summed E-state index contributed by atoms with van der Waals surface area (Å²) < 4.78 is 0. The summed E-state index contributed by atoms with van der Waals surface area (Å²) in [6.07, 6.45) is 3.11. The third-order valence-electron chi connectivity index (χ3n) is 3.46. The van der Waals surface area contributed by atoms with Crippen molar-refractivity contribution in [1.82, 2.24) is 0 Å². The minimum Gasteiger partial charge on any atom is -0.362 e. The van der Waals surface area contributed by atoms with E-state index in [4.69, 9.17) is 23.2 Å². The highest BCUT2D eigenvalue weighted by atomic mass is 35.5. The summed E-state index contributed by atoms with van der Waals surface area (Å²) in [5, 5.41) is 5.96. The van der Waals surface area contributed by atoms with E-state index in [-0.39, 0.29) is 5.78 Å². The van der Waals surface area contributed by atoms with Crippen LogP contribution in [0.25, 0.3) is 10.8 Å². The van der Waals surface area contributed by atoms with Gasteiger partial charge < -0.3 is 5.32 Å². The number of rotatable bonds is 4. The zero-order chi connectivity index (χ0) is 16.2. The highest BCUT2D eigenvalue weighted by molar-refractivity contribution is 6.42. The molecule has 3 aromatic carbocycles. The molecule has 3 rings (SSSR count). The third kappa shape index (κ3) is 3.55. The number of carbonyl (C=O) groups excluding carboxylic acids is 1. The number of benzene rings is 3. The zero-order valence-electron chi connectivity index (χ0n) is 12.1. The maximum absolute atomic E-state index is 12.4. The van der Waals surface area contributed by atoms with E-state index in [0.29, 0.717) is 15.6 Å². The molecule has 0 heterocycles. The summed E-state index contributed by atoms with van der Waals surface area (Å²) in [5.74, 6) is -0.0608. The molecule has 0 aliphatic carbocycles. The molecule has 0 saturated carbocycles. The Hall–Kier alpha value is -2.29. The Kier molecular flexibility index (Phi) is 4.65. The molecule has 1 N–H and O–H groups in total. The van der Waals surface area contributed by atoms with Crippen LogP contribution in [-0.2, 0) is 0 Å². The minimum atomic E-state index is -0.0608. The van der Waals surface area contributed by atoms with Gasteiger partial charge in [0.2, 0.25) is 0 Å². The predicted octanol–water partition coefficient (Wildman–Crippen LogP) is 5.96. The van der Waals surface area contributed by atoms with Crippen molar-refractivity contribution in [2.75, 3.05) is 5.32 Å². The Balaban J connectivity index is 1.79. The number of ketones is 1. The maximum Gasteiger partial charge on any atom is 0.187 e. The Morgan fingerprint density at radius 2 is 1.70 bits per heavy atom. The number of nitrogens with one attached hydrogen (secondary N) is 1. The second kappa shape index (κ2) is 6.86. The summed E-state index contributed by atoms with van der Waals surface area (Å²) in [4.78, 5) is 12.4. The van der Waals surface area contributed by atoms with E-state index in [0.717, 1.165) is 16.5 Å². The molecule has 0 aromatic heterocycles. The molecule has 0 unspecified atom stereocenters. The summed E-state index contributed by atoms with van der Waals surface area (Å²) in [6.45, 7) is 0. The quantitative estimate of drug-likeness (QED) is 0.468. The van der Waals surface area contributed by atoms with Crippen LogP contribution in [0.3, 0.4) is 0 Å². The van der Waals surface area contributed by atoms with Crippen LogP contribution in [0, 0.1) is 0 Å². The first-order valence-corrected chi connectivity index (χ1v) is 7.81. The molecule has 0 atom stereocenters. The van der Waals surface area contributed by atoms with Crippen LogP contribution < -0.4 is 5.32 Å². The summed E-state index contributed by atoms with van der Waals surface area (Å²) in [6, 6.07) is 18.7. The van der Waals surface area contributed by atoms with Crippen molar-refractivity contribution in [3.8, 4) is 0 Å². The van der Waals surface area contributed by atoms with Crippen molar-refractivity contribution in [3.05, 3.63) is 88.5 Å². The molecular formula is C19H13Cl2NO. The van der Waals surface area contributed by atoms with Gasteiger partial charge in [0.05, 0.1) is 10.0 Å². The molecular weight excluding hydrogens is 329 g/mol. The lowest BCUT2D eigenvalue weighted by Gasteiger charge is -2.04. The van der Waals surface area contributed by atoms with E-state index in [1.54, 1.807) is 24.4 Å². The van der Waals surface area contributed by atoms with Crippen molar-refractivity contribution in [1.29, 1.82) is 0 Å². The van der Waals surface area contributed by atoms with Crippen LogP contribution in [0.1, 0.15) is 10.4 Å². The molecule has 2 nitrogen and oxygen atoms in total. The third-order valence-corrected chi connectivity index (χ3v) is 4.20. The number of allylic oxidation sites excluding steroid dienone is 1. The van der Waals surface area contributed by atoms with E-state index in [1.807, 2.05) is 42.5 Å². The van der Waals surface area contributed by atoms with Gasteiger partial charge in [0, 0.05) is 23.5 Å². The first kappa shape index (κ1) is 15.6. The van der Waals surface area contributed by atoms with Gasteiger partial charge in [-0.2, -0.15) is 0 Å². The maximum atomic E-state index is 12.4. The fourth-order valence-corrected chi connectivity index (χ4v) is 2.63. The van der Waals surface area contributed by atoms with Crippen molar-refractivity contribution < 1.29 is 4.79 Å². The van der Waals surface area contributed by atoms with Gasteiger partial charge in [-0.25, -0.2) is 0 Å². The smallest absolute Gasteiger partial charge is 0.187 e. The summed E-state index contributed by atoms with van der Waals surface area (Å²) in [5.41, 5.74) is 1.44. The van der Waals surface area contributed by atoms with Crippen LogP contribution >= 0.6 is 23.2 Å². The second-order valence-corrected chi connectivity index (χ2v) is 5.81. The first-order chi connectivity index (χ1) is 11.1. The monoisotopic (exact) mass is 341 g/mol. The van der Waals surface area contributed by atoms with E-state index < -0.39 is 0 Å². The van der Waals surface area contributed by atoms with E-state index in [9.17, 15) is 4.79 Å². The predicted molar refractivity (Wildman–Crippen MR) is 97.5 cm³/mol. The van der Waals surface area contributed by atoms with Gasteiger partial charge in [-0.3, -0.25) is 4.79 Å². The molecule has 4 heteroatoms. The van der Waals surface area contributed by atoms with Crippen LogP contribution in [0.5, 0.6) is 0 Å². The average Bonchev–Trinajstić information content (AvgIpc) is 2.57. The number of fused-ring (bicyclic) bond motifs is 1. The standard InChI is InChI=1S/C19H13Cl2NO/c20-17-9-8-14(12-18(17)21)22-11-10-19(23)16-7-3-5-13-4-1-2-6-15(13)16/h1-12,22H. The molecule has 0 aliphatic rings. The molecule has 0 saturated heterocycles. The Morgan fingerprint density at radius 1 is 0.913 bits per heavy atom. The average molecular weight is 342 g/mol. The minimum absolute atomic E-state index is 0.0608. The van der Waals surface area contributed by atoms with E-state index >= 15 is 0 Å². The molecule has 0 radical (unpaired) electrons. The van der Waals surface area contributed by atoms with Gasteiger partial charge in [0.15, 0.2) is 5.78 Å². The first-order valence-electron chi connectivity index (χ1n) is 7.05. The number of hydrogen-bond acceptors (Lipinski definition) is 2. The molecule has 0 spiro atoms. The highest BCUT2D eigenvalue weighted by Crippen LogP contribution is 2.25. The second-order valence-electron chi connectivity index (χ2n) is 5.00. The lowest BCUT2D eigenvalue weighted by molar-refractivity contribution is 0.104. The van der Waals surface area contributed by atoms with Gasteiger partial charge >= 0.3 is 0 Å². The number of halogens is 2. The number of hydrogen-bond donors (Lipinski definition) is 1. The van der Waals surface area contributed by atoms with Crippen molar-refractivity contribution in [2.24, 2.45) is 0 Å². The van der Waals surface area contributed by atoms with Crippen LogP contribution in [0.2, 0.25) is 10.0 Å². The van der Waals surface area contributed by atoms with Crippen LogP contribution in [0.4, 0.5) is 5.69 Å².